The number of rotatable bonds is 6. The molecule has 40 heavy (non-hydrogen) atoms. The maximum Gasteiger partial charge on any atom is 0.254 e. The van der Waals surface area contributed by atoms with Crippen molar-refractivity contribution in [2.75, 3.05) is 39.2 Å². The van der Waals surface area contributed by atoms with Gasteiger partial charge in [-0.15, -0.1) is 11.8 Å². The maximum absolute atomic E-state index is 13.3. The average Bonchev–Trinajstić information content (AvgIpc) is 3.44. The minimum atomic E-state index is -0.305. The third kappa shape index (κ3) is 5.26. The number of ether oxygens (including phenoxy) is 3. The summed E-state index contributed by atoms with van der Waals surface area (Å²) in [6.07, 6.45) is 7.60. The Bertz CT molecular complexity index is 1340. The number of aromatic amines is 1. The number of nitrogens with one attached hydrogen (secondary N) is 2. The van der Waals surface area contributed by atoms with Gasteiger partial charge in [-0.2, -0.15) is 0 Å². The molecular weight excluding hydrogens is 550 g/mol. The van der Waals surface area contributed by atoms with E-state index in [0.29, 0.717) is 57.2 Å². The van der Waals surface area contributed by atoms with Gasteiger partial charge in [0.2, 0.25) is 0 Å². The molecule has 3 fully saturated rings. The van der Waals surface area contributed by atoms with Crippen LogP contribution in [0.3, 0.4) is 0 Å². The number of halogens is 1. The van der Waals surface area contributed by atoms with Crippen molar-refractivity contribution in [1.29, 1.82) is 0 Å². The van der Waals surface area contributed by atoms with Gasteiger partial charge in [-0.3, -0.25) is 14.5 Å². The number of aryl methyl sites for hydroxylation is 1. The second-order valence-corrected chi connectivity index (χ2v) is 13.2. The van der Waals surface area contributed by atoms with E-state index in [1.165, 1.54) is 44.1 Å². The number of benzene rings is 1. The lowest BCUT2D eigenvalue weighted by molar-refractivity contribution is -0.0557. The highest BCUT2D eigenvalue weighted by atomic mass is 35.5. The first-order chi connectivity index (χ1) is 19.3. The lowest BCUT2D eigenvalue weighted by atomic mass is 9.75. The minimum Gasteiger partial charge on any atom is -0.484 e. The van der Waals surface area contributed by atoms with Crippen LogP contribution in [0, 0.1) is 25.2 Å². The lowest BCUT2D eigenvalue weighted by Gasteiger charge is -2.52. The number of carbonyl (C=O) groups is 1. The Morgan fingerprint density at radius 3 is 2.67 bits per heavy atom. The van der Waals surface area contributed by atoms with Crippen molar-refractivity contribution in [2.24, 2.45) is 11.3 Å². The van der Waals surface area contributed by atoms with Gasteiger partial charge in [0.25, 0.3) is 11.5 Å². The van der Waals surface area contributed by atoms with Crippen LogP contribution >= 0.6 is 23.4 Å². The number of likely N-dealkylation sites (tertiary alicyclic amines) is 1. The molecule has 0 unspecified atom stereocenters. The summed E-state index contributed by atoms with van der Waals surface area (Å²) in [4.78, 5) is 32.1. The Labute approximate surface area is 244 Å². The van der Waals surface area contributed by atoms with Crippen molar-refractivity contribution in [1.82, 2.24) is 15.2 Å². The molecule has 1 saturated carbocycles. The number of H-pyrrole nitrogens is 1. The van der Waals surface area contributed by atoms with Crippen molar-refractivity contribution >= 4 is 29.3 Å². The second kappa shape index (κ2) is 11.2. The number of amides is 1. The normalized spacial score (nSPS) is 25.6. The smallest absolute Gasteiger partial charge is 0.254 e. The first kappa shape index (κ1) is 27.9. The fraction of sp³-hybridized carbons (Fsp3) is 0.600. The van der Waals surface area contributed by atoms with E-state index in [1.54, 1.807) is 6.07 Å². The molecule has 0 radical (unpaired) electrons. The standard InChI is InChI=1S/C30H38ClN3O5S/c1-17-10-25(40-3)22(29(36)33-17)12-32-28(35)21-11-23(31)27-26(18(21)2)39-24(13-38-27)19-4-6-20(7-5-19)34-14-30(15-34)8-9-37-16-30/h10-11,19-20,24H,4-9,12-16H2,1-3H3,(H,32,35)(H,33,36)/t19?,20?,24-/m1/s1. The minimum absolute atomic E-state index is 0.0669. The zero-order chi connectivity index (χ0) is 28.0. The van der Waals surface area contributed by atoms with Gasteiger partial charge in [-0.25, -0.2) is 0 Å². The van der Waals surface area contributed by atoms with Crippen molar-refractivity contribution in [3.05, 3.63) is 49.9 Å². The van der Waals surface area contributed by atoms with E-state index in [9.17, 15) is 9.59 Å². The number of nitrogens with zero attached hydrogens (tertiary/aromatic N) is 1. The van der Waals surface area contributed by atoms with Crippen molar-refractivity contribution in [3.8, 4) is 11.5 Å². The Balaban J connectivity index is 1.10. The number of hydrogen-bond donors (Lipinski definition) is 2. The van der Waals surface area contributed by atoms with Crippen LogP contribution in [0.4, 0.5) is 0 Å². The van der Waals surface area contributed by atoms with E-state index in [-0.39, 0.29) is 24.1 Å². The molecule has 1 aromatic heterocycles. The molecule has 4 heterocycles. The molecule has 10 heteroatoms. The molecule has 2 N–H and O–H groups in total. The number of hydrogen-bond acceptors (Lipinski definition) is 7. The van der Waals surface area contributed by atoms with Gasteiger partial charge in [0.05, 0.1) is 11.6 Å². The average molecular weight is 588 g/mol. The van der Waals surface area contributed by atoms with Crippen LogP contribution in [0.25, 0.3) is 0 Å². The van der Waals surface area contributed by atoms with Crippen molar-refractivity contribution < 1.29 is 19.0 Å². The monoisotopic (exact) mass is 587 g/mol. The molecule has 4 aliphatic rings. The molecule has 2 aromatic rings. The van der Waals surface area contributed by atoms with E-state index in [4.69, 9.17) is 25.8 Å². The Morgan fingerprint density at radius 1 is 1.20 bits per heavy atom. The van der Waals surface area contributed by atoms with Crippen LogP contribution in [-0.4, -0.2) is 67.1 Å². The number of thioether (sulfide) groups is 1. The SMILES string of the molecule is CSc1cc(C)[nH]c(=O)c1CNC(=O)c1cc(Cl)c2c(c1C)O[C@@H](C1CCC(N3CC4(CCOC4)C3)CC1)CO2. The van der Waals surface area contributed by atoms with Gasteiger partial charge in [0.15, 0.2) is 11.5 Å². The third-order valence-corrected chi connectivity index (χ3v) is 10.4. The molecular formula is C30H38ClN3O5S. The summed E-state index contributed by atoms with van der Waals surface area (Å²) >= 11 is 8.06. The number of pyridine rings is 1. The largest absolute Gasteiger partial charge is 0.484 e. The van der Waals surface area contributed by atoms with Gasteiger partial charge in [0.1, 0.15) is 12.7 Å². The van der Waals surface area contributed by atoms with E-state index in [2.05, 4.69) is 15.2 Å². The summed E-state index contributed by atoms with van der Waals surface area (Å²) in [5.74, 6) is 1.16. The number of carbonyl (C=O) groups excluding carboxylic acids is 1. The predicted octanol–water partition coefficient (Wildman–Crippen LogP) is 4.72. The molecule has 1 aliphatic carbocycles. The molecule has 6 rings (SSSR count). The molecule has 1 spiro atoms. The number of aromatic nitrogens is 1. The summed E-state index contributed by atoms with van der Waals surface area (Å²) in [6, 6.07) is 4.19. The fourth-order valence-electron chi connectivity index (χ4n) is 6.91. The van der Waals surface area contributed by atoms with E-state index < -0.39 is 0 Å². The molecule has 0 bridgehead atoms. The van der Waals surface area contributed by atoms with Gasteiger partial charge in [0, 0.05) is 65.0 Å². The van der Waals surface area contributed by atoms with Gasteiger partial charge >= 0.3 is 0 Å². The molecule has 1 atom stereocenters. The fourth-order valence-corrected chi connectivity index (χ4v) is 7.86. The molecule has 216 valence electrons. The zero-order valence-corrected chi connectivity index (χ0v) is 25.0. The summed E-state index contributed by atoms with van der Waals surface area (Å²) in [6.45, 7) is 8.49. The Kier molecular flexibility index (Phi) is 7.85. The highest BCUT2D eigenvalue weighted by Gasteiger charge is 2.48. The van der Waals surface area contributed by atoms with Crippen LogP contribution in [0.15, 0.2) is 21.8 Å². The van der Waals surface area contributed by atoms with Crippen LogP contribution in [0.5, 0.6) is 11.5 Å². The van der Waals surface area contributed by atoms with Gasteiger partial charge < -0.3 is 24.5 Å². The summed E-state index contributed by atoms with van der Waals surface area (Å²) in [5, 5.41) is 3.26. The quantitative estimate of drug-likeness (QED) is 0.473. The van der Waals surface area contributed by atoms with E-state index in [1.807, 2.05) is 26.2 Å². The van der Waals surface area contributed by atoms with Crippen LogP contribution in [0.2, 0.25) is 5.02 Å². The topological polar surface area (TPSA) is 92.9 Å². The van der Waals surface area contributed by atoms with Crippen LogP contribution in [0.1, 0.15) is 59.3 Å². The summed E-state index contributed by atoms with van der Waals surface area (Å²) < 4.78 is 18.3. The van der Waals surface area contributed by atoms with Crippen molar-refractivity contribution in [3.63, 3.8) is 0 Å². The van der Waals surface area contributed by atoms with E-state index in [0.717, 1.165) is 36.6 Å². The van der Waals surface area contributed by atoms with Crippen LogP contribution < -0.4 is 20.3 Å². The van der Waals surface area contributed by atoms with E-state index >= 15 is 0 Å². The Hall–Kier alpha value is -2.20. The molecule has 8 nitrogen and oxygen atoms in total. The predicted molar refractivity (Wildman–Crippen MR) is 156 cm³/mol. The first-order valence-electron chi connectivity index (χ1n) is 14.3. The van der Waals surface area contributed by atoms with Crippen molar-refractivity contribution in [2.45, 2.75) is 69.5 Å². The Morgan fingerprint density at radius 2 is 1.98 bits per heavy atom. The second-order valence-electron chi connectivity index (χ2n) is 11.9. The molecule has 3 aliphatic heterocycles. The van der Waals surface area contributed by atoms with Gasteiger partial charge in [-0.1, -0.05) is 11.6 Å². The zero-order valence-electron chi connectivity index (χ0n) is 23.4. The summed E-state index contributed by atoms with van der Waals surface area (Å²) in [5.41, 5.74) is 2.68. The molecule has 1 aromatic carbocycles. The van der Waals surface area contributed by atoms with Gasteiger partial charge in [-0.05, 0) is 70.3 Å². The highest BCUT2D eigenvalue weighted by Crippen LogP contribution is 2.46. The highest BCUT2D eigenvalue weighted by molar-refractivity contribution is 7.98. The number of fused-ring (bicyclic) bond motifs is 1. The molecule has 2 saturated heterocycles. The van der Waals surface area contributed by atoms with Crippen LogP contribution in [-0.2, 0) is 11.3 Å². The molecule has 1 amide bonds. The first-order valence-corrected chi connectivity index (χ1v) is 15.9. The summed E-state index contributed by atoms with van der Waals surface area (Å²) in [7, 11) is 0. The maximum atomic E-state index is 13.3. The third-order valence-electron chi connectivity index (χ3n) is 9.27. The lowest BCUT2D eigenvalue weighted by Crippen LogP contribution is -2.60.